The molecule has 1 aromatic carbocycles. The molecular formula is C16H23N. The fourth-order valence-electron chi connectivity index (χ4n) is 3.87. The molecule has 0 saturated heterocycles. The lowest BCUT2D eigenvalue weighted by molar-refractivity contribution is 0.429. The maximum atomic E-state index is 3.47. The molecule has 2 aliphatic rings. The first-order valence-electron chi connectivity index (χ1n) is 7.08. The third-order valence-corrected chi connectivity index (χ3v) is 4.98. The minimum atomic E-state index is 0.716. The van der Waals surface area contributed by atoms with E-state index in [0.717, 1.165) is 11.8 Å². The van der Waals surface area contributed by atoms with Crippen LogP contribution >= 0.6 is 0 Å². The highest BCUT2D eigenvalue weighted by atomic mass is 14.9. The number of benzene rings is 1. The van der Waals surface area contributed by atoms with Crippen LogP contribution < -0.4 is 5.32 Å². The maximum absolute atomic E-state index is 3.47. The Labute approximate surface area is 105 Å². The van der Waals surface area contributed by atoms with Gasteiger partial charge in [-0.05, 0) is 67.7 Å². The van der Waals surface area contributed by atoms with Crippen LogP contribution in [0.5, 0.6) is 0 Å². The Morgan fingerprint density at radius 3 is 2.71 bits per heavy atom. The van der Waals surface area contributed by atoms with Crippen LogP contribution in [0.4, 0.5) is 0 Å². The predicted octanol–water partition coefficient (Wildman–Crippen LogP) is 3.28. The van der Waals surface area contributed by atoms with Crippen LogP contribution in [-0.2, 0) is 12.8 Å². The number of nitrogens with one attached hydrogen (secondary N) is 1. The lowest BCUT2D eigenvalue weighted by Gasteiger charge is -2.21. The van der Waals surface area contributed by atoms with Gasteiger partial charge in [0, 0.05) is 6.04 Å². The smallest absolute Gasteiger partial charge is 0.00957 e. The summed E-state index contributed by atoms with van der Waals surface area (Å²) in [6.45, 7) is 2.41. The van der Waals surface area contributed by atoms with Crippen LogP contribution in [0, 0.1) is 5.92 Å². The molecule has 17 heavy (non-hydrogen) atoms. The van der Waals surface area contributed by atoms with E-state index < -0.39 is 0 Å². The topological polar surface area (TPSA) is 12.0 Å². The fraction of sp³-hybridized carbons (Fsp3) is 0.625. The molecule has 0 radical (unpaired) electrons. The maximum Gasteiger partial charge on any atom is 0.00957 e. The third kappa shape index (κ3) is 1.91. The van der Waals surface area contributed by atoms with Gasteiger partial charge in [0.1, 0.15) is 0 Å². The van der Waals surface area contributed by atoms with Crippen molar-refractivity contribution in [1.82, 2.24) is 5.32 Å². The zero-order chi connectivity index (χ0) is 11.8. The lowest BCUT2D eigenvalue weighted by atomic mass is 9.87. The molecule has 1 nitrogen and oxygen atoms in total. The molecule has 0 amide bonds. The number of aryl methyl sites for hydroxylation is 2. The molecule has 2 aliphatic carbocycles. The molecular weight excluding hydrogens is 206 g/mol. The highest BCUT2D eigenvalue weighted by molar-refractivity contribution is 5.37. The zero-order valence-electron chi connectivity index (χ0n) is 11.0. The summed E-state index contributed by atoms with van der Waals surface area (Å²) in [6.07, 6.45) is 6.65. The van der Waals surface area contributed by atoms with Crippen molar-refractivity contribution in [2.75, 3.05) is 7.05 Å². The van der Waals surface area contributed by atoms with Gasteiger partial charge in [-0.2, -0.15) is 0 Å². The minimum absolute atomic E-state index is 0.716. The van der Waals surface area contributed by atoms with Gasteiger partial charge >= 0.3 is 0 Å². The second-order valence-corrected chi connectivity index (χ2v) is 5.82. The van der Waals surface area contributed by atoms with Crippen molar-refractivity contribution in [3.8, 4) is 0 Å². The molecule has 1 aromatic rings. The Bertz CT molecular complexity index is 410. The van der Waals surface area contributed by atoms with Crippen molar-refractivity contribution in [3.05, 3.63) is 34.9 Å². The summed E-state index contributed by atoms with van der Waals surface area (Å²) in [7, 11) is 2.10. The van der Waals surface area contributed by atoms with E-state index in [4.69, 9.17) is 0 Å². The van der Waals surface area contributed by atoms with E-state index in [-0.39, 0.29) is 0 Å². The summed E-state index contributed by atoms with van der Waals surface area (Å²) < 4.78 is 0. The van der Waals surface area contributed by atoms with Crippen LogP contribution in [0.15, 0.2) is 18.2 Å². The van der Waals surface area contributed by atoms with E-state index in [2.05, 4.69) is 37.5 Å². The Balaban J connectivity index is 1.85. The van der Waals surface area contributed by atoms with Gasteiger partial charge < -0.3 is 5.32 Å². The van der Waals surface area contributed by atoms with Crippen molar-refractivity contribution in [2.45, 2.75) is 51.0 Å². The molecule has 0 spiro atoms. The molecule has 3 unspecified atom stereocenters. The van der Waals surface area contributed by atoms with Gasteiger partial charge in [-0.25, -0.2) is 0 Å². The first-order valence-corrected chi connectivity index (χ1v) is 7.08. The summed E-state index contributed by atoms with van der Waals surface area (Å²) in [5.74, 6) is 1.55. The average Bonchev–Trinajstić information content (AvgIpc) is 2.94. The van der Waals surface area contributed by atoms with Gasteiger partial charge in [0.2, 0.25) is 0 Å². The van der Waals surface area contributed by atoms with Gasteiger partial charge in [-0.1, -0.05) is 25.1 Å². The monoisotopic (exact) mass is 229 g/mol. The Hall–Kier alpha value is -0.820. The molecule has 1 fully saturated rings. The van der Waals surface area contributed by atoms with E-state index in [1.54, 1.807) is 16.7 Å². The summed E-state index contributed by atoms with van der Waals surface area (Å²) in [4.78, 5) is 0. The van der Waals surface area contributed by atoms with E-state index >= 15 is 0 Å². The molecule has 1 saturated carbocycles. The summed E-state index contributed by atoms with van der Waals surface area (Å²) in [5, 5.41) is 3.47. The molecule has 1 N–H and O–H groups in total. The van der Waals surface area contributed by atoms with Crippen LogP contribution in [-0.4, -0.2) is 13.1 Å². The standard InChI is InChI=1S/C16H23N/c1-11-15(8-9-16(11)17-2)14-7-6-12-4-3-5-13(12)10-14/h6-7,10-11,15-17H,3-5,8-9H2,1-2H3. The van der Waals surface area contributed by atoms with Crippen molar-refractivity contribution < 1.29 is 0 Å². The molecule has 0 bridgehead atoms. The quantitative estimate of drug-likeness (QED) is 0.820. The first-order chi connectivity index (χ1) is 8.29. The van der Waals surface area contributed by atoms with Crippen molar-refractivity contribution >= 4 is 0 Å². The van der Waals surface area contributed by atoms with Crippen molar-refractivity contribution in [1.29, 1.82) is 0 Å². The fourth-order valence-corrected chi connectivity index (χ4v) is 3.87. The minimum Gasteiger partial charge on any atom is -0.317 e. The summed E-state index contributed by atoms with van der Waals surface area (Å²) in [5.41, 5.74) is 4.82. The molecule has 3 atom stereocenters. The molecule has 92 valence electrons. The first kappa shape index (κ1) is 11.3. The average molecular weight is 229 g/mol. The molecule has 0 heterocycles. The lowest BCUT2D eigenvalue weighted by Crippen LogP contribution is -2.28. The Kier molecular flexibility index (Phi) is 2.96. The molecule has 0 aliphatic heterocycles. The second-order valence-electron chi connectivity index (χ2n) is 5.82. The summed E-state index contributed by atoms with van der Waals surface area (Å²) in [6, 6.07) is 8.00. The van der Waals surface area contributed by atoms with Gasteiger partial charge in [0.25, 0.3) is 0 Å². The zero-order valence-corrected chi connectivity index (χ0v) is 11.0. The van der Waals surface area contributed by atoms with Crippen LogP contribution in [0.25, 0.3) is 0 Å². The Morgan fingerprint density at radius 1 is 1.12 bits per heavy atom. The van der Waals surface area contributed by atoms with E-state index in [1.165, 1.54) is 32.1 Å². The highest BCUT2D eigenvalue weighted by Gasteiger charge is 2.32. The normalized spacial score (nSPS) is 31.8. The number of fused-ring (bicyclic) bond motifs is 1. The molecule has 3 rings (SSSR count). The van der Waals surface area contributed by atoms with E-state index in [1.807, 2.05) is 0 Å². The SMILES string of the molecule is CNC1CCC(c2ccc3c(c2)CCC3)C1C. The predicted molar refractivity (Wildman–Crippen MR) is 72.5 cm³/mol. The number of hydrogen-bond donors (Lipinski definition) is 1. The number of hydrogen-bond acceptors (Lipinski definition) is 1. The van der Waals surface area contributed by atoms with Gasteiger partial charge in [0.15, 0.2) is 0 Å². The molecule has 0 aromatic heterocycles. The van der Waals surface area contributed by atoms with Gasteiger partial charge in [0.05, 0.1) is 0 Å². The van der Waals surface area contributed by atoms with Gasteiger partial charge in [-0.3, -0.25) is 0 Å². The third-order valence-electron chi connectivity index (χ3n) is 4.98. The second kappa shape index (κ2) is 4.45. The summed E-state index contributed by atoms with van der Waals surface area (Å²) >= 11 is 0. The van der Waals surface area contributed by atoms with Crippen LogP contribution in [0.3, 0.4) is 0 Å². The highest BCUT2D eigenvalue weighted by Crippen LogP contribution is 2.40. The van der Waals surface area contributed by atoms with Crippen molar-refractivity contribution in [3.63, 3.8) is 0 Å². The molecule has 1 heteroatoms. The number of rotatable bonds is 2. The Morgan fingerprint density at radius 2 is 1.94 bits per heavy atom. The van der Waals surface area contributed by atoms with Crippen molar-refractivity contribution in [2.24, 2.45) is 5.92 Å². The van der Waals surface area contributed by atoms with E-state index in [0.29, 0.717) is 6.04 Å². The van der Waals surface area contributed by atoms with Crippen LogP contribution in [0.1, 0.15) is 48.8 Å². The van der Waals surface area contributed by atoms with Gasteiger partial charge in [-0.15, -0.1) is 0 Å². The van der Waals surface area contributed by atoms with E-state index in [9.17, 15) is 0 Å². The van der Waals surface area contributed by atoms with Crippen LogP contribution in [0.2, 0.25) is 0 Å². The largest absolute Gasteiger partial charge is 0.317 e.